The van der Waals surface area contributed by atoms with Crippen LogP contribution in [0.1, 0.15) is 24.1 Å². The van der Waals surface area contributed by atoms with Gasteiger partial charge < -0.3 is 15.5 Å². The molecule has 0 fully saturated rings. The number of phenols is 2. The Balaban J connectivity index is 2.25. The van der Waals surface area contributed by atoms with Gasteiger partial charge in [0.25, 0.3) is 0 Å². The van der Waals surface area contributed by atoms with Gasteiger partial charge in [0.05, 0.1) is 10.7 Å². The molecule has 0 bridgehead atoms. The number of anilines is 1. The fraction of sp³-hybridized carbons (Fsp3) is 0.200. The summed E-state index contributed by atoms with van der Waals surface area (Å²) in [5, 5.41) is 22.9. The second-order valence-electron chi connectivity index (χ2n) is 4.63. The van der Waals surface area contributed by atoms with Crippen LogP contribution < -0.4 is 5.32 Å². The van der Waals surface area contributed by atoms with E-state index in [1.807, 2.05) is 32.0 Å². The first-order chi connectivity index (χ1) is 8.95. The summed E-state index contributed by atoms with van der Waals surface area (Å²) in [6.45, 7) is 3.93. The number of phenolic OH excluding ortho intramolecular Hbond substituents is 2. The lowest BCUT2D eigenvalue weighted by Gasteiger charge is -2.17. The molecule has 4 heteroatoms. The maximum atomic E-state index is 9.49. The van der Waals surface area contributed by atoms with E-state index in [-0.39, 0.29) is 17.5 Å². The van der Waals surface area contributed by atoms with Gasteiger partial charge in [-0.1, -0.05) is 17.7 Å². The van der Waals surface area contributed by atoms with Gasteiger partial charge >= 0.3 is 0 Å². The highest BCUT2D eigenvalue weighted by Crippen LogP contribution is 2.30. The van der Waals surface area contributed by atoms with Crippen LogP contribution in [0.5, 0.6) is 11.5 Å². The van der Waals surface area contributed by atoms with E-state index in [0.717, 1.165) is 16.8 Å². The van der Waals surface area contributed by atoms with Crippen molar-refractivity contribution in [3.63, 3.8) is 0 Å². The monoisotopic (exact) mass is 277 g/mol. The molecular weight excluding hydrogens is 262 g/mol. The third-order valence-electron chi connectivity index (χ3n) is 2.92. The van der Waals surface area contributed by atoms with Crippen LogP contribution in [0.3, 0.4) is 0 Å². The molecule has 0 saturated heterocycles. The van der Waals surface area contributed by atoms with Crippen LogP contribution >= 0.6 is 11.6 Å². The van der Waals surface area contributed by atoms with Crippen LogP contribution in [0.15, 0.2) is 36.4 Å². The van der Waals surface area contributed by atoms with Crippen molar-refractivity contribution in [2.75, 3.05) is 5.32 Å². The summed E-state index contributed by atoms with van der Waals surface area (Å²) in [5.41, 5.74) is 2.73. The molecule has 0 aliphatic rings. The van der Waals surface area contributed by atoms with Crippen molar-refractivity contribution in [2.45, 2.75) is 19.9 Å². The Morgan fingerprint density at radius 2 is 1.68 bits per heavy atom. The van der Waals surface area contributed by atoms with Crippen LogP contribution in [0, 0.1) is 6.92 Å². The molecule has 0 aromatic heterocycles. The van der Waals surface area contributed by atoms with Crippen molar-refractivity contribution in [1.82, 2.24) is 0 Å². The minimum atomic E-state index is -0.0858. The number of hydrogen-bond donors (Lipinski definition) is 3. The van der Waals surface area contributed by atoms with Gasteiger partial charge in [-0.3, -0.25) is 0 Å². The normalized spacial score (nSPS) is 12.2. The molecule has 0 radical (unpaired) electrons. The number of benzene rings is 2. The Labute approximate surface area is 117 Å². The number of hydrogen-bond acceptors (Lipinski definition) is 3. The molecule has 2 rings (SSSR count). The zero-order chi connectivity index (χ0) is 14.0. The number of halogens is 1. The number of nitrogens with one attached hydrogen (secondary N) is 1. The van der Waals surface area contributed by atoms with Gasteiger partial charge in [0, 0.05) is 12.1 Å². The first kappa shape index (κ1) is 13.6. The molecule has 0 saturated carbocycles. The molecule has 0 aliphatic carbocycles. The molecular formula is C15H16ClNO2. The lowest BCUT2D eigenvalue weighted by Crippen LogP contribution is -2.07. The Bertz CT molecular complexity index is 578. The molecule has 19 heavy (non-hydrogen) atoms. The number of aryl methyl sites for hydroxylation is 1. The summed E-state index contributed by atoms with van der Waals surface area (Å²) in [6, 6.07) is 10.2. The zero-order valence-electron chi connectivity index (χ0n) is 10.8. The summed E-state index contributed by atoms with van der Waals surface area (Å²) in [7, 11) is 0. The summed E-state index contributed by atoms with van der Waals surface area (Å²) in [4.78, 5) is 0. The summed E-state index contributed by atoms with van der Waals surface area (Å²) in [6.07, 6.45) is 0. The predicted molar refractivity (Wildman–Crippen MR) is 78.0 cm³/mol. The third kappa shape index (κ3) is 3.32. The topological polar surface area (TPSA) is 52.5 Å². The highest BCUT2D eigenvalue weighted by Gasteiger charge is 2.10. The highest BCUT2D eigenvalue weighted by atomic mass is 35.5. The van der Waals surface area contributed by atoms with Crippen molar-refractivity contribution in [2.24, 2.45) is 0 Å². The van der Waals surface area contributed by atoms with E-state index in [2.05, 4.69) is 5.32 Å². The molecule has 3 nitrogen and oxygen atoms in total. The molecule has 100 valence electrons. The van der Waals surface area contributed by atoms with Crippen LogP contribution in [0.4, 0.5) is 5.69 Å². The standard InChI is InChI=1S/C15H16ClNO2/c1-9-3-4-14(16)15(5-9)17-10(2)11-6-12(18)8-13(19)7-11/h3-8,10,17-19H,1-2H3. The van der Waals surface area contributed by atoms with Crippen LogP contribution in [-0.4, -0.2) is 10.2 Å². The van der Waals surface area contributed by atoms with E-state index in [1.54, 1.807) is 12.1 Å². The molecule has 1 unspecified atom stereocenters. The largest absolute Gasteiger partial charge is 0.508 e. The first-order valence-electron chi connectivity index (χ1n) is 6.01. The van der Waals surface area contributed by atoms with E-state index in [9.17, 15) is 10.2 Å². The quantitative estimate of drug-likeness (QED) is 0.787. The van der Waals surface area contributed by atoms with Crippen LogP contribution in [-0.2, 0) is 0 Å². The van der Waals surface area contributed by atoms with E-state index >= 15 is 0 Å². The summed E-state index contributed by atoms with van der Waals surface area (Å²) in [5.74, 6) is 0.0815. The lowest BCUT2D eigenvalue weighted by atomic mass is 10.1. The van der Waals surface area contributed by atoms with Gasteiger partial charge in [-0.25, -0.2) is 0 Å². The van der Waals surface area contributed by atoms with Crippen LogP contribution in [0.25, 0.3) is 0 Å². The van der Waals surface area contributed by atoms with E-state index < -0.39 is 0 Å². The fourth-order valence-corrected chi connectivity index (χ4v) is 2.11. The predicted octanol–water partition coefficient (Wildman–Crippen LogP) is 4.23. The Morgan fingerprint density at radius 3 is 2.32 bits per heavy atom. The SMILES string of the molecule is Cc1ccc(Cl)c(NC(C)c2cc(O)cc(O)c2)c1. The van der Waals surface area contributed by atoms with Crippen molar-refractivity contribution < 1.29 is 10.2 Å². The zero-order valence-corrected chi connectivity index (χ0v) is 11.6. The van der Waals surface area contributed by atoms with Gasteiger partial charge in [-0.15, -0.1) is 0 Å². The minimum absolute atomic E-state index is 0.0407. The molecule has 0 amide bonds. The Kier molecular flexibility index (Phi) is 3.86. The van der Waals surface area contributed by atoms with Gasteiger partial charge in [0.1, 0.15) is 11.5 Å². The molecule has 0 heterocycles. The first-order valence-corrected chi connectivity index (χ1v) is 6.39. The average molecular weight is 278 g/mol. The van der Waals surface area contributed by atoms with Crippen molar-refractivity contribution in [3.05, 3.63) is 52.5 Å². The Morgan fingerprint density at radius 1 is 1.05 bits per heavy atom. The summed E-state index contributed by atoms with van der Waals surface area (Å²) < 4.78 is 0. The van der Waals surface area contributed by atoms with E-state index in [1.165, 1.54) is 6.07 Å². The molecule has 0 spiro atoms. The van der Waals surface area contributed by atoms with Gasteiger partial charge in [-0.2, -0.15) is 0 Å². The molecule has 0 aliphatic heterocycles. The minimum Gasteiger partial charge on any atom is -0.508 e. The molecule has 3 N–H and O–H groups in total. The average Bonchev–Trinajstić information content (AvgIpc) is 2.32. The Hall–Kier alpha value is -1.87. The van der Waals surface area contributed by atoms with Gasteiger partial charge in [0.15, 0.2) is 0 Å². The third-order valence-corrected chi connectivity index (χ3v) is 3.25. The number of aromatic hydroxyl groups is 2. The number of rotatable bonds is 3. The van der Waals surface area contributed by atoms with Gasteiger partial charge in [0.2, 0.25) is 0 Å². The maximum absolute atomic E-state index is 9.49. The second kappa shape index (κ2) is 5.41. The maximum Gasteiger partial charge on any atom is 0.119 e. The van der Waals surface area contributed by atoms with E-state index in [0.29, 0.717) is 5.02 Å². The van der Waals surface area contributed by atoms with Crippen molar-refractivity contribution >= 4 is 17.3 Å². The molecule has 1 atom stereocenters. The highest BCUT2D eigenvalue weighted by molar-refractivity contribution is 6.33. The second-order valence-corrected chi connectivity index (χ2v) is 5.04. The fourth-order valence-electron chi connectivity index (χ4n) is 1.93. The summed E-state index contributed by atoms with van der Waals surface area (Å²) >= 11 is 6.13. The lowest BCUT2D eigenvalue weighted by molar-refractivity contribution is 0.448. The molecule has 2 aromatic rings. The van der Waals surface area contributed by atoms with Crippen molar-refractivity contribution in [1.29, 1.82) is 0 Å². The van der Waals surface area contributed by atoms with Gasteiger partial charge in [-0.05, 0) is 49.2 Å². The van der Waals surface area contributed by atoms with Crippen LogP contribution in [0.2, 0.25) is 5.02 Å². The molecule has 2 aromatic carbocycles. The van der Waals surface area contributed by atoms with Crippen molar-refractivity contribution in [3.8, 4) is 11.5 Å². The van der Waals surface area contributed by atoms with E-state index in [4.69, 9.17) is 11.6 Å². The smallest absolute Gasteiger partial charge is 0.119 e.